The minimum atomic E-state index is -0.652. The first-order chi connectivity index (χ1) is 13.0. The van der Waals surface area contributed by atoms with Gasteiger partial charge in [-0.2, -0.15) is 0 Å². The largest absolute Gasteiger partial charge is 0.454 e. The Kier molecular flexibility index (Phi) is 6.05. The molecule has 3 aromatic rings. The van der Waals surface area contributed by atoms with Crippen LogP contribution in [0.4, 0.5) is 10.5 Å². The summed E-state index contributed by atoms with van der Waals surface area (Å²) in [6.07, 6.45) is 0. The molecule has 1 heterocycles. The smallest absolute Gasteiger partial charge is 0.319 e. The SMILES string of the molecule is NC(=O)c1ccc(CNC(=O)Nc2ccc(Sc3ccccc3Cl)cc2)o1. The molecular weight excluding hydrogens is 386 g/mol. The highest BCUT2D eigenvalue weighted by Gasteiger charge is 2.09. The second-order valence-electron chi connectivity index (χ2n) is 5.49. The molecule has 1 aromatic heterocycles. The van der Waals surface area contributed by atoms with Gasteiger partial charge in [0.15, 0.2) is 5.76 Å². The predicted octanol–water partition coefficient (Wildman–Crippen LogP) is 4.50. The van der Waals surface area contributed by atoms with Crippen LogP contribution in [-0.2, 0) is 6.54 Å². The highest BCUT2D eigenvalue weighted by molar-refractivity contribution is 7.99. The number of hydrogen-bond acceptors (Lipinski definition) is 4. The van der Waals surface area contributed by atoms with Crippen LogP contribution in [0.15, 0.2) is 74.9 Å². The summed E-state index contributed by atoms with van der Waals surface area (Å²) in [6, 6.07) is 17.7. The van der Waals surface area contributed by atoms with Gasteiger partial charge in [-0.05, 0) is 48.5 Å². The number of nitrogens with one attached hydrogen (secondary N) is 2. The van der Waals surface area contributed by atoms with Gasteiger partial charge in [0.25, 0.3) is 5.91 Å². The number of halogens is 1. The summed E-state index contributed by atoms with van der Waals surface area (Å²) in [7, 11) is 0. The lowest BCUT2D eigenvalue weighted by Crippen LogP contribution is -2.27. The van der Waals surface area contributed by atoms with Gasteiger partial charge >= 0.3 is 6.03 Å². The Bertz CT molecular complexity index is 957. The number of urea groups is 1. The molecule has 0 saturated carbocycles. The molecule has 27 heavy (non-hydrogen) atoms. The van der Waals surface area contributed by atoms with Crippen molar-refractivity contribution in [2.75, 3.05) is 5.32 Å². The minimum absolute atomic E-state index is 0.0545. The lowest BCUT2D eigenvalue weighted by atomic mass is 10.3. The maximum atomic E-state index is 12.0. The molecule has 0 saturated heterocycles. The van der Waals surface area contributed by atoms with Crippen LogP contribution < -0.4 is 16.4 Å². The van der Waals surface area contributed by atoms with E-state index in [4.69, 9.17) is 21.8 Å². The van der Waals surface area contributed by atoms with Crippen LogP contribution in [0.5, 0.6) is 0 Å². The van der Waals surface area contributed by atoms with Crippen molar-refractivity contribution in [1.82, 2.24) is 5.32 Å². The molecule has 0 fully saturated rings. The number of benzene rings is 2. The topological polar surface area (TPSA) is 97.4 Å². The number of carbonyl (C=O) groups is 2. The van der Waals surface area contributed by atoms with Crippen molar-refractivity contribution in [2.24, 2.45) is 5.73 Å². The minimum Gasteiger partial charge on any atom is -0.454 e. The summed E-state index contributed by atoms with van der Waals surface area (Å²) in [5, 5.41) is 6.06. The molecule has 0 aliphatic carbocycles. The van der Waals surface area contributed by atoms with Crippen LogP contribution in [0.1, 0.15) is 16.3 Å². The van der Waals surface area contributed by atoms with Crippen molar-refractivity contribution >= 4 is 41.0 Å². The highest BCUT2D eigenvalue weighted by Crippen LogP contribution is 2.33. The van der Waals surface area contributed by atoms with Gasteiger partial charge in [-0.1, -0.05) is 35.5 Å². The number of anilines is 1. The summed E-state index contributed by atoms with van der Waals surface area (Å²) >= 11 is 7.70. The molecule has 3 rings (SSSR count). The third-order valence-electron chi connectivity index (χ3n) is 3.50. The molecule has 0 spiro atoms. The van der Waals surface area contributed by atoms with Crippen molar-refractivity contribution in [2.45, 2.75) is 16.3 Å². The zero-order chi connectivity index (χ0) is 19.2. The molecule has 0 unspecified atom stereocenters. The summed E-state index contributed by atoms with van der Waals surface area (Å²) in [4.78, 5) is 24.9. The van der Waals surface area contributed by atoms with Crippen LogP contribution in [-0.4, -0.2) is 11.9 Å². The first-order valence-corrected chi connectivity index (χ1v) is 9.16. The zero-order valence-corrected chi connectivity index (χ0v) is 15.6. The fourth-order valence-corrected chi connectivity index (χ4v) is 3.30. The van der Waals surface area contributed by atoms with Gasteiger partial charge in [0.05, 0.1) is 11.6 Å². The summed E-state index contributed by atoms with van der Waals surface area (Å²) in [6.45, 7) is 0.138. The molecule has 0 aliphatic heterocycles. The van der Waals surface area contributed by atoms with E-state index in [2.05, 4.69) is 10.6 Å². The Morgan fingerprint density at radius 3 is 2.44 bits per heavy atom. The molecule has 2 aromatic carbocycles. The van der Waals surface area contributed by atoms with Gasteiger partial charge in [0.1, 0.15) is 5.76 Å². The lowest BCUT2D eigenvalue weighted by molar-refractivity contribution is 0.0972. The van der Waals surface area contributed by atoms with E-state index in [0.717, 1.165) is 9.79 Å². The Hall–Kier alpha value is -2.90. The number of rotatable bonds is 6. The number of amides is 3. The van der Waals surface area contributed by atoms with E-state index in [9.17, 15) is 9.59 Å². The van der Waals surface area contributed by atoms with Crippen molar-refractivity contribution in [3.05, 3.63) is 77.2 Å². The van der Waals surface area contributed by atoms with E-state index in [0.29, 0.717) is 16.5 Å². The summed E-state index contributed by atoms with van der Waals surface area (Å²) in [5.41, 5.74) is 5.76. The summed E-state index contributed by atoms with van der Waals surface area (Å²) < 4.78 is 5.20. The van der Waals surface area contributed by atoms with Crippen LogP contribution >= 0.6 is 23.4 Å². The number of primary amides is 1. The van der Waals surface area contributed by atoms with Crippen LogP contribution in [0, 0.1) is 0 Å². The quantitative estimate of drug-likeness (QED) is 0.566. The molecule has 4 N–H and O–H groups in total. The van der Waals surface area contributed by atoms with E-state index in [1.807, 2.05) is 36.4 Å². The van der Waals surface area contributed by atoms with Crippen LogP contribution in [0.3, 0.4) is 0 Å². The van der Waals surface area contributed by atoms with Crippen LogP contribution in [0.25, 0.3) is 0 Å². The van der Waals surface area contributed by atoms with E-state index >= 15 is 0 Å². The Labute approximate surface area is 165 Å². The monoisotopic (exact) mass is 401 g/mol. The molecule has 8 heteroatoms. The molecule has 0 atom stereocenters. The van der Waals surface area contributed by atoms with E-state index in [1.165, 1.54) is 6.07 Å². The Morgan fingerprint density at radius 2 is 1.78 bits per heavy atom. The first kappa shape index (κ1) is 18.9. The zero-order valence-electron chi connectivity index (χ0n) is 14.1. The number of furan rings is 1. The highest BCUT2D eigenvalue weighted by atomic mass is 35.5. The van der Waals surface area contributed by atoms with E-state index < -0.39 is 11.9 Å². The van der Waals surface area contributed by atoms with Gasteiger partial charge in [0, 0.05) is 15.5 Å². The molecule has 138 valence electrons. The normalized spacial score (nSPS) is 10.4. The molecule has 3 amide bonds. The van der Waals surface area contributed by atoms with Gasteiger partial charge < -0.3 is 20.8 Å². The van der Waals surface area contributed by atoms with Crippen LogP contribution in [0.2, 0.25) is 5.02 Å². The molecular formula is C19H16ClN3O3S. The molecule has 6 nitrogen and oxygen atoms in total. The summed E-state index contributed by atoms with van der Waals surface area (Å²) in [5.74, 6) is -0.162. The third-order valence-corrected chi connectivity index (χ3v) is 5.03. The van der Waals surface area contributed by atoms with Gasteiger partial charge in [-0.3, -0.25) is 4.79 Å². The fourth-order valence-electron chi connectivity index (χ4n) is 2.21. The lowest BCUT2D eigenvalue weighted by Gasteiger charge is -2.08. The number of hydrogen-bond donors (Lipinski definition) is 3. The second-order valence-corrected chi connectivity index (χ2v) is 7.02. The van der Waals surface area contributed by atoms with Gasteiger partial charge in [0.2, 0.25) is 0 Å². The van der Waals surface area contributed by atoms with Crippen molar-refractivity contribution in [3.8, 4) is 0 Å². The van der Waals surface area contributed by atoms with Crippen molar-refractivity contribution < 1.29 is 14.0 Å². The van der Waals surface area contributed by atoms with Crippen molar-refractivity contribution in [3.63, 3.8) is 0 Å². The maximum Gasteiger partial charge on any atom is 0.319 e. The van der Waals surface area contributed by atoms with E-state index in [-0.39, 0.29) is 12.3 Å². The Morgan fingerprint density at radius 1 is 1.04 bits per heavy atom. The molecule has 0 radical (unpaired) electrons. The van der Waals surface area contributed by atoms with Gasteiger partial charge in [-0.15, -0.1) is 0 Å². The third kappa shape index (κ3) is 5.29. The first-order valence-electron chi connectivity index (χ1n) is 7.97. The molecule has 0 bridgehead atoms. The van der Waals surface area contributed by atoms with Crippen molar-refractivity contribution in [1.29, 1.82) is 0 Å². The number of carbonyl (C=O) groups excluding carboxylic acids is 2. The predicted molar refractivity (Wildman–Crippen MR) is 105 cm³/mol. The Balaban J connectivity index is 1.52. The van der Waals surface area contributed by atoms with Gasteiger partial charge in [-0.25, -0.2) is 4.79 Å². The second kappa shape index (κ2) is 8.66. The maximum absolute atomic E-state index is 12.0. The average Bonchev–Trinajstić information content (AvgIpc) is 3.13. The standard InChI is InChI=1S/C19H16ClN3O3S/c20-15-3-1-2-4-17(15)27-14-8-5-12(6-9-14)23-19(25)22-11-13-7-10-16(26-13)18(21)24/h1-10H,11H2,(H2,21,24)(H2,22,23,25). The number of nitrogens with two attached hydrogens (primary N) is 1. The molecule has 0 aliphatic rings. The fraction of sp³-hybridized carbons (Fsp3) is 0.0526. The van der Waals surface area contributed by atoms with E-state index in [1.54, 1.807) is 30.0 Å². The average molecular weight is 402 g/mol.